The van der Waals surface area contributed by atoms with Crippen molar-refractivity contribution >= 4 is 29.2 Å². The summed E-state index contributed by atoms with van der Waals surface area (Å²) in [5.41, 5.74) is 0.734. The number of nitrogens with zero attached hydrogens (tertiary/aromatic N) is 3. The lowest BCUT2D eigenvalue weighted by atomic mass is 10.6. The summed E-state index contributed by atoms with van der Waals surface area (Å²) in [5.74, 6) is 0.665. The topological polar surface area (TPSA) is 68.5 Å². The molecule has 0 atom stereocenters. The third-order valence-corrected chi connectivity index (χ3v) is 3.08. The summed E-state index contributed by atoms with van der Waals surface area (Å²) in [7, 11) is 3.16. The smallest absolute Gasteiger partial charge is 0.316 e. The molecule has 2 aromatic rings. The molecule has 0 amide bonds. The zero-order valence-corrected chi connectivity index (χ0v) is 10.3. The van der Waals surface area contributed by atoms with E-state index in [0.29, 0.717) is 5.03 Å². The van der Waals surface area contributed by atoms with Gasteiger partial charge >= 0.3 is 5.97 Å². The van der Waals surface area contributed by atoms with E-state index in [2.05, 4.69) is 20.0 Å². The predicted octanol–water partition coefficient (Wildman–Crippen LogP) is 1.04. The van der Waals surface area contributed by atoms with Crippen LogP contribution in [0.1, 0.15) is 0 Å². The molecular weight excluding hydrogens is 240 g/mol. The van der Waals surface area contributed by atoms with Gasteiger partial charge in [-0.15, -0.1) is 0 Å². The number of methoxy groups -OCH3 is 1. The van der Waals surface area contributed by atoms with Crippen molar-refractivity contribution in [2.75, 3.05) is 25.2 Å². The maximum Gasteiger partial charge on any atom is 0.316 e. The molecule has 1 N–H and O–H groups in total. The van der Waals surface area contributed by atoms with Crippen molar-refractivity contribution in [1.29, 1.82) is 0 Å². The number of hydrogen-bond donors (Lipinski definition) is 1. The van der Waals surface area contributed by atoms with Gasteiger partial charge in [0.15, 0.2) is 5.65 Å². The molecule has 0 aliphatic carbocycles. The molecule has 2 aromatic heterocycles. The Kier molecular flexibility index (Phi) is 3.48. The molecule has 0 spiro atoms. The highest BCUT2D eigenvalue weighted by Crippen LogP contribution is 2.22. The first kappa shape index (κ1) is 11.7. The lowest BCUT2D eigenvalue weighted by Gasteiger charge is -2.05. The Balaban J connectivity index is 2.30. The maximum absolute atomic E-state index is 11.1. The van der Waals surface area contributed by atoms with Crippen LogP contribution in [0.3, 0.4) is 0 Å². The van der Waals surface area contributed by atoms with Gasteiger partial charge < -0.3 is 14.5 Å². The van der Waals surface area contributed by atoms with Crippen LogP contribution in [0.15, 0.2) is 23.6 Å². The number of ether oxygens (including phenoxy) is 1. The molecular formula is C10H12N4O2S. The van der Waals surface area contributed by atoms with Gasteiger partial charge in [0, 0.05) is 19.4 Å². The fourth-order valence-electron chi connectivity index (χ4n) is 1.31. The molecule has 0 unspecified atom stereocenters. The second kappa shape index (κ2) is 5.05. The summed E-state index contributed by atoms with van der Waals surface area (Å²) >= 11 is 1.31. The minimum Gasteiger partial charge on any atom is -0.468 e. The molecule has 0 aliphatic rings. The van der Waals surface area contributed by atoms with Crippen LogP contribution >= 0.6 is 11.8 Å². The summed E-state index contributed by atoms with van der Waals surface area (Å²) in [5, 5.41) is 3.66. The van der Waals surface area contributed by atoms with Gasteiger partial charge in [-0.3, -0.25) is 4.79 Å². The van der Waals surface area contributed by atoms with E-state index in [1.54, 1.807) is 13.2 Å². The summed E-state index contributed by atoms with van der Waals surface area (Å²) in [4.78, 5) is 19.7. The lowest BCUT2D eigenvalue weighted by Crippen LogP contribution is -2.05. The quantitative estimate of drug-likeness (QED) is 0.647. The van der Waals surface area contributed by atoms with Gasteiger partial charge in [-0.05, 0) is 0 Å². The van der Waals surface area contributed by atoms with E-state index in [1.807, 2.05) is 16.8 Å². The summed E-state index contributed by atoms with van der Waals surface area (Å²) in [6, 6.07) is 0. The first-order valence-corrected chi connectivity index (χ1v) is 5.94. The predicted molar refractivity (Wildman–Crippen MR) is 65.3 cm³/mol. The number of carbonyl (C=O) groups is 1. The van der Waals surface area contributed by atoms with Gasteiger partial charge in [0.1, 0.15) is 10.8 Å². The average Bonchev–Trinajstić information content (AvgIpc) is 2.83. The number of fused-ring (bicyclic) bond motifs is 1. The maximum atomic E-state index is 11.1. The van der Waals surface area contributed by atoms with Crippen LogP contribution in [0, 0.1) is 0 Å². The number of anilines is 1. The number of thioether (sulfide) groups is 1. The Bertz CT molecular complexity index is 540. The minimum atomic E-state index is -0.281. The third kappa shape index (κ3) is 2.50. The van der Waals surface area contributed by atoms with Crippen molar-refractivity contribution in [2.45, 2.75) is 5.03 Å². The average molecular weight is 252 g/mol. The van der Waals surface area contributed by atoms with Crippen LogP contribution in [0.25, 0.3) is 5.65 Å². The van der Waals surface area contributed by atoms with E-state index in [0.717, 1.165) is 11.5 Å². The highest BCUT2D eigenvalue weighted by Gasteiger charge is 2.10. The Morgan fingerprint density at radius 3 is 3.18 bits per heavy atom. The van der Waals surface area contributed by atoms with Crippen LogP contribution < -0.4 is 5.32 Å². The van der Waals surface area contributed by atoms with E-state index in [9.17, 15) is 4.79 Å². The monoisotopic (exact) mass is 252 g/mol. The molecule has 2 rings (SSSR count). The van der Waals surface area contributed by atoms with E-state index >= 15 is 0 Å². The van der Waals surface area contributed by atoms with Crippen molar-refractivity contribution in [2.24, 2.45) is 0 Å². The van der Waals surface area contributed by atoms with Crippen molar-refractivity contribution in [1.82, 2.24) is 14.4 Å². The van der Waals surface area contributed by atoms with E-state index in [4.69, 9.17) is 0 Å². The number of esters is 1. The Hall–Kier alpha value is -1.76. The van der Waals surface area contributed by atoms with Gasteiger partial charge in [-0.2, -0.15) is 0 Å². The van der Waals surface area contributed by atoms with Gasteiger partial charge in [0.05, 0.1) is 19.1 Å². The summed E-state index contributed by atoms with van der Waals surface area (Å²) < 4.78 is 6.45. The normalized spacial score (nSPS) is 10.5. The van der Waals surface area contributed by atoms with Crippen LogP contribution in [0.2, 0.25) is 0 Å². The summed E-state index contributed by atoms with van der Waals surface area (Å²) in [6.07, 6.45) is 5.36. The van der Waals surface area contributed by atoms with E-state index in [-0.39, 0.29) is 11.7 Å². The number of hydrogen-bond acceptors (Lipinski definition) is 6. The molecule has 0 fully saturated rings. The first-order chi connectivity index (χ1) is 8.24. The molecule has 17 heavy (non-hydrogen) atoms. The largest absolute Gasteiger partial charge is 0.468 e. The van der Waals surface area contributed by atoms with Crippen LogP contribution in [0.4, 0.5) is 5.82 Å². The van der Waals surface area contributed by atoms with Crippen LogP contribution in [-0.2, 0) is 9.53 Å². The highest BCUT2D eigenvalue weighted by atomic mass is 32.2. The second-order valence-electron chi connectivity index (χ2n) is 3.20. The summed E-state index contributed by atoms with van der Waals surface area (Å²) in [6.45, 7) is 0. The van der Waals surface area contributed by atoms with E-state index < -0.39 is 0 Å². The van der Waals surface area contributed by atoms with Gasteiger partial charge in [-0.1, -0.05) is 11.8 Å². The van der Waals surface area contributed by atoms with Gasteiger partial charge in [-0.25, -0.2) is 9.97 Å². The lowest BCUT2D eigenvalue weighted by molar-refractivity contribution is -0.137. The van der Waals surface area contributed by atoms with Crippen molar-refractivity contribution in [3.63, 3.8) is 0 Å². The van der Waals surface area contributed by atoms with Crippen molar-refractivity contribution < 1.29 is 9.53 Å². The van der Waals surface area contributed by atoms with Crippen molar-refractivity contribution in [3.05, 3.63) is 18.6 Å². The molecule has 0 bridgehead atoms. The zero-order valence-electron chi connectivity index (χ0n) is 9.51. The third-order valence-electron chi connectivity index (χ3n) is 2.15. The number of carbonyl (C=O) groups excluding carboxylic acids is 1. The van der Waals surface area contributed by atoms with Crippen LogP contribution in [-0.4, -0.2) is 40.2 Å². The van der Waals surface area contributed by atoms with Gasteiger partial charge in [0.25, 0.3) is 0 Å². The SMILES string of the molecule is CNc1cn2ccnc2c(SCC(=O)OC)n1. The van der Waals surface area contributed by atoms with E-state index in [1.165, 1.54) is 18.9 Å². The van der Waals surface area contributed by atoms with Gasteiger partial charge in [0.2, 0.25) is 0 Å². The number of nitrogens with one attached hydrogen (secondary N) is 1. The van der Waals surface area contributed by atoms with Crippen molar-refractivity contribution in [3.8, 4) is 0 Å². The Morgan fingerprint density at radius 2 is 2.47 bits per heavy atom. The molecule has 0 aliphatic heterocycles. The molecule has 2 heterocycles. The zero-order chi connectivity index (χ0) is 12.3. The number of rotatable bonds is 4. The molecule has 0 saturated heterocycles. The fourth-order valence-corrected chi connectivity index (χ4v) is 2.13. The molecule has 0 saturated carbocycles. The molecule has 90 valence electrons. The first-order valence-electron chi connectivity index (χ1n) is 4.95. The Morgan fingerprint density at radius 1 is 1.65 bits per heavy atom. The number of imidazole rings is 1. The minimum absolute atomic E-state index is 0.221. The second-order valence-corrected chi connectivity index (χ2v) is 4.17. The number of aromatic nitrogens is 3. The molecule has 6 nitrogen and oxygen atoms in total. The fraction of sp³-hybridized carbons (Fsp3) is 0.300. The standard InChI is InChI=1S/C10H12N4O2S/c1-11-7-5-14-4-3-12-9(14)10(13-7)17-6-8(15)16-2/h3-5,11H,6H2,1-2H3. The van der Waals surface area contributed by atoms with Crippen LogP contribution in [0.5, 0.6) is 0 Å². The molecule has 0 aromatic carbocycles. The molecule has 7 heteroatoms. The molecule has 0 radical (unpaired) electrons. The highest BCUT2D eigenvalue weighted by molar-refractivity contribution is 8.00. The Labute approximate surface area is 102 Å².